The van der Waals surface area contributed by atoms with Crippen molar-refractivity contribution in [1.82, 2.24) is 9.78 Å². The summed E-state index contributed by atoms with van der Waals surface area (Å²) < 4.78 is 45.3. The van der Waals surface area contributed by atoms with Crippen LogP contribution in [0.15, 0.2) is 54.9 Å². The number of halogens is 3. The molecule has 0 aliphatic carbocycles. The van der Waals surface area contributed by atoms with Crippen molar-refractivity contribution in [2.24, 2.45) is 0 Å². The van der Waals surface area contributed by atoms with Crippen LogP contribution in [0.5, 0.6) is 11.5 Å². The SMILES string of the molecule is O=C(O)CCn1cc(C(=O)Nc2cc(Oc3cccc(C(F)(F)F)c3)cc([N+](=O)[O-])c2)cn1. The van der Waals surface area contributed by atoms with Crippen LogP contribution in [-0.2, 0) is 17.5 Å². The van der Waals surface area contributed by atoms with E-state index in [1.807, 2.05) is 0 Å². The van der Waals surface area contributed by atoms with Crippen molar-refractivity contribution < 1.29 is 37.5 Å². The minimum absolute atomic E-state index is 0.0361. The largest absolute Gasteiger partial charge is 0.481 e. The Balaban J connectivity index is 1.81. The van der Waals surface area contributed by atoms with Crippen molar-refractivity contribution in [2.45, 2.75) is 19.1 Å². The molecule has 0 unspecified atom stereocenters. The van der Waals surface area contributed by atoms with Crippen LogP contribution in [0.1, 0.15) is 22.3 Å². The van der Waals surface area contributed by atoms with Gasteiger partial charge in [0.25, 0.3) is 11.6 Å². The topological polar surface area (TPSA) is 137 Å². The average molecular weight is 464 g/mol. The number of hydrogen-bond donors (Lipinski definition) is 2. The van der Waals surface area contributed by atoms with E-state index in [9.17, 15) is 32.9 Å². The van der Waals surface area contributed by atoms with Gasteiger partial charge in [-0.3, -0.25) is 24.4 Å². The first-order chi connectivity index (χ1) is 15.5. The predicted molar refractivity (Wildman–Crippen MR) is 107 cm³/mol. The minimum Gasteiger partial charge on any atom is -0.481 e. The molecule has 2 aromatic carbocycles. The molecule has 2 N–H and O–H groups in total. The van der Waals surface area contributed by atoms with E-state index in [1.165, 1.54) is 29.2 Å². The van der Waals surface area contributed by atoms with Crippen molar-refractivity contribution in [3.05, 3.63) is 76.1 Å². The maximum atomic E-state index is 12.9. The quantitative estimate of drug-likeness (QED) is 0.374. The molecule has 0 fully saturated rings. The Hall–Kier alpha value is -4.42. The molecular weight excluding hydrogens is 449 g/mol. The third kappa shape index (κ3) is 6.29. The second kappa shape index (κ2) is 9.38. The lowest BCUT2D eigenvalue weighted by atomic mass is 10.2. The van der Waals surface area contributed by atoms with E-state index in [0.29, 0.717) is 0 Å². The number of aryl methyl sites for hydroxylation is 1. The van der Waals surface area contributed by atoms with Gasteiger partial charge in [0.15, 0.2) is 0 Å². The molecule has 0 bridgehead atoms. The summed E-state index contributed by atoms with van der Waals surface area (Å²) in [6.45, 7) is 0.0361. The molecule has 3 rings (SSSR count). The number of carboxylic acids is 1. The van der Waals surface area contributed by atoms with Crippen LogP contribution in [0.25, 0.3) is 0 Å². The molecule has 13 heteroatoms. The molecule has 0 aliphatic heterocycles. The first kappa shape index (κ1) is 23.2. The van der Waals surface area contributed by atoms with Crippen molar-refractivity contribution in [3.63, 3.8) is 0 Å². The molecule has 33 heavy (non-hydrogen) atoms. The van der Waals surface area contributed by atoms with Gasteiger partial charge in [-0.25, -0.2) is 0 Å². The fourth-order valence-electron chi connectivity index (χ4n) is 2.71. The fraction of sp³-hybridized carbons (Fsp3) is 0.150. The number of amides is 1. The van der Waals surface area contributed by atoms with E-state index >= 15 is 0 Å². The Labute approximate surface area is 183 Å². The first-order valence-electron chi connectivity index (χ1n) is 9.21. The van der Waals surface area contributed by atoms with Gasteiger partial charge >= 0.3 is 12.1 Å². The predicted octanol–water partition coefficient (Wildman–Crippen LogP) is 4.33. The smallest absolute Gasteiger partial charge is 0.416 e. The molecule has 0 atom stereocenters. The monoisotopic (exact) mass is 464 g/mol. The van der Waals surface area contributed by atoms with E-state index in [4.69, 9.17) is 9.84 Å². The number of nitrogens with one attached hydrogen (secondary N) is 1. The molecule has 1 aromatic heterocycles. The van der Waals surface area contributed by atoms with Crippen molar-refractivity contribution in [3.8, 4) is 11.5 Å². The molecule has 0 aliphatic rings. The summed E-state index contributed by atoms with van der Waals surface area (Å²) >= 11 is 0. The van der Waals surface area contributed by atoms with E-state index in [1.54, 1.807) is 0 Å². The summed E-state index contributed by atoms with van der Waals surface area (Å²) in [5.41, 5.74) is -1.41. The fourth-order valence-corrected chi connectivity index (χ4v) is 2.71. The van der Waals surface area contributed by atoms with E-state index in [0.717, 1.165) is 30.3 Å². The van der Waals surface area contributed by atoms with Gasteiger partial charge in [-0.2, -0.15) is 18.3 Å². The molecule has 1 amide bonds. The summed E-state index contributed by atoms with van der Waals surface area (Å²) in [4.78, 5) is 33.6. The lowest BCUT2D eigenvalue weighted by Crippen LogP contribution is -2.11. The van der Waals surface area contributed by atoms with Gasteiger partial charge in [-0.15, -0.1) is 0 Å². The number of carboxylic acid groups (broad SMARTS) is 1. The number of hydrogen-bond acceptors (Lipinski definition) is 6. The molecule has 0 spiro atoms. The Morgan fingerprint density at radius 2 is 1.94 bits per heavy atom. The van der Waals surface area contributed by atoms with Gasteiger partial charge in [0, 0.05) is 18.3 Å². The van der Waals surface area contributed by atoms with Crippen molar-refractivity contribution in [2.75, 3.05) is 5.32 Å². The highest BCUT2D eigenvalue weighted by Crippen LogP contribution is 2.34. The number of carbonyl (C=O) groups excluding carboxylic acids is 1. The maximum absolute atomic E-state index is 12.9. The maximum Gasteiger partial charge on any atom is 0.416 e. The molecular formula is C20H15F3N4O6. The third-order valence-electron chi connectivity index (χ3n) is 4.21. The minimum atomic E-state index is -4.60. The van der Waals surface area contributed by atoms with Gasteiger partial charge < -0.3 is 15.2 Å². The molecule has 172 valence electrons. The zero-order valence-corrected chi connectivity index (χ0v) is 16.6. The van der Waals surface area contributed by atoms with Crippen molar-refractivity contribution >= 4 is 23.3 Å². The molecule has 0 radical (unpaired) electrons. The lowest BCUT2D eigenvalue weighted by molar-refractivity contribution is -0.384. The van der Waals surface area contributed by atoms with Crippen LogP contribution in [0.2, 0.25) is 0 Å². The highest BCUT2D eigenvalue weighted by molar-refractivity contribution is 6.04. The Bertz CT molecular complexity index is 1210. The van der Waals surface area contributed by atoms with Gasteiger partial charge in [-0.1, -0.05) is 6.07 Å². The number of aromatic nitrogens is 2. The van der Waals surface area contributed by atoms with Gasteiger partial charge in [0.1, 0.15) is 11.5 Å². The summed E-state index contributed by atoms with van der Waals surface area (Å²) in [5, 5.41) is 26.2. The standard InChI is InChI=1S/C20H15F3N4O6/c21-20(22,23)13-2-1-3-16(6-13)33-17-8-14(7-15(9-17)27(31)32)25-19(30)12-10-24-26(11-12)5-4-18(28)29/h1-3,6-11H,4-5H2,(H,25,30)(H,28,29). The second-order valence-corrected chi connectivity index (χ2v) is 6.69. The number of rotatable bonds is 8. The van der Waals surface area contributed by atoms with Gasteiger partial charge in [0.05, 0.1) is 47.0 Å². The van der Waals surface area contributed by atoms with E-state index in [-0.39, 0.29) is 35.7 Å². The van der Waals surface area contributed by atoms with Crippen molar-refractivity contribution in [1.29, 1.82) is 0 Å². The summed E-state index contributed by atoms with van der Waals surface area (Å²) in [7, 11) is 0. The second-order valence-electron chi connectivity index (χ2n) is 6.69. The highest BCUT2D eigenvalue weighted by atomic mass is 19.4. The normalized spacial score (nSPS) is 11.1. The summed E-state index contributed by atoms with van der Waals surface area (Å²) in [6, 6.07) is 7.22. The first-order valence-corrected chi connectivity index (χ1v) is 9.21. The number of nitrogens with zero attached hydrogens (tertiary/aromatic N) is 3. The molecule has 3 aromatic rings. The van der Waals surface area contributed by atoms with Crippen LogP contribution >= 0.6 is 0 Å². The highest BCUT2D eigenvalue weighted by Gasteiger charge is 2.30. The number of benzene rings is 2. The Morgan fingerprint density at radius 3 is 2.61 bits per heavy atom. The number of carbonyl (C=O) groups is 2. The molecule has 1 heterocycles. The number of aliphatic carboxylic acids is 1. The van der Waals surface area contributed by atoms with Crippen LogP contribution in [-0.4, -0.2) is 31.7 Å². The average Bonchev–Trinajstić information content (AvgIpc) is 3.21. The van der Waals surface area contributed by atoms with Crippen LogP contribution in [0, 0.1) is 10.1 Å². The number of alkyl halides is 3. The lowest BCUT2D eigenvalue weighted by Gasteiger charge is -2.11. The number of nitro groups is 1. The molecule has 0 saturated heterocycles. The Morgan fingerprint density at radius 1 is 1.18 bits per heavy atom. The molecule has 0 saturated carbocycles. The van der Waals surface area contributed by atoms with E-state index in [2.05, 4.69) is 10.4 Å². The van der Waals surface area contributed by atoms with Crippen LogP contribution in [0.3, 0.4) is 0 Å². The zero-order chi connectivity index (χ0) is 24.2. The molecule has 10 nitrogen and oxygen atoms in total. The Kier molecular flexibility index (Phi) is 6.61. The number of non-ortho nitro benzene ring substituents is 1. The number of anilines is 1. The summed E-state index contributed by atoms with van der Waals surface area (Å²) in [6.07, 6.45) is -2.32. The van der Waals surface area contributed by atoms with E-state index < -0.39 is 34.2 Å². The summed E-state index contributed by atoms with van der Waals surface area (Å²) in [5.74, 6) is -2.11. The number of ether oxygens (including phenoxy) is 1. The zero-order valence-electron chi connectivity index (χ0n) is 16.6. The van der Waals surface area contributed by atoms with Crippen LogP contribution in [0.4, 0.5) is 24.5 Å². The van der Waals surface area contributed by atoms with Gasteiger partial charge in [-0.05, 0) is 18.2 Å². The van der Waals surface area contributed by atoms with Gasteiger partial charge in [0.2, 0.25) is 0 Å². The third-order valence-corrected chi connectivity index (χ3v) is 4.21. The number of nitro benzene ring substituents is 1. The van der Waals surface area contributed by atoms with Crippen LogP contribution < -0.4 is 10.1 Å².